The molecule has 150 valence electrons. The summed E-state index contributed by atoms with van der Waals surface area (Å²) in [6.07, 6.45) is 4.49. The van der Waals surface area contributed by atoms with Crippen molar-refractivity contribution in [3.63, 3.8) is 0 Å². The second kappa shape index (κ2) is 7.18. The Morgan fingerprint density at radius 3 is 2.11 bits per heavy atom. The largest absolute Gasteiger partial charge is 0.365 e. The fraction of sp³-hybridized carbons (Fsp3) is 0.619. The molecular formula is C21H27N3O4. The van der Waals surface area contributed by atoms with Crippen LogP contribution in [0.25, 0.3) is 0 Å². The van der Waals surface area contributed by atoms with Crippen LogP contribution in [0.2, 0.25) is 0 Å². The van der Waals surface area contributed by atoms with E-state index in [1.165, 1.54) is 11.0 Å². The van der Waals surface area contributed by atoms with Gasteiger partial charge in [0.15, 0.2) is 0 Å². The zero-order chi connectivity index (χ0) is 20.0. The van der Waals surface area contributed by atoms with E-state index in [4.69, 9.17) is 0 Å². The molecule has 0 spiro atoms. The van der Waals surface area contributed by atoms with Crippen molar-refractivity contribution in [2.24, 2.45) is 23.7 Å². The van der Waals surface area contributed by atoms with E-state index >= 15 is 0 Å². The van der Waals surface area contributed by atoms with Crippen LogP contribution in [0.5, 0.6) is 0 Å². The van der Waals surface area contributed by atoms with Gasteiger partial charge in [-0.05, 0) is 43.2 Å². The predicted molar refractivity (Wildman–Crippen MR) is 106 cm³/mol. The number of benzene rings is 1. The van der Waals surface area contributed by atoms with Gasteiger partial charge in [0.2, 0.25) is 11.8 Å². The molecule has 3 aliphatic rings. The molecule has 2 saturated heterocycles. The summed E-state index contributed by atoms with van der Waals surface area (Å²) in [5.74, 6) is 0.0160. The predicted octanol–water partition coefficient (Wildman–Crippen LogP) is 3.76. The van der Waals surface area contributed by atoms with E-state index in [0.717, 1.165) is 45.2 Å². The highest BCUT2D eigenvalue weighted by Gasteiger charge is 2.49. The lowest BCUT2D eigenvalue weighted by molar-refractivity contribution is -0.384. The second-order valence-corrected chi connectivity index (χ2v) is 8.79. The molecule has 7 heteroatoms. The van der Waals surface area contributed by atoms with Crippen LogP contribution in [0, 0.1) is 33.8 Å². The number of rotatable bonds is 3. The van der Waals surface area contributed by atoms with Crippen molar-refractivity contribution in [3.8, 4) is 0 Å². The Morgan fingerprint density at radius 1 is 1.00 bits per heavy atom. The molecule has 1 aromatic carbocycles. The van der Waals surface area contributed by atoms with E-state index in [-0.39, 0.29) is 29.3 Å². The van der Waals surface area contributed by atoms with Gasteiger partial charge in [-0.25, -0.2) is 4.90 Å². The third kappa shape index (κ3) is 3.16. The Morgan fingerprint density at radius 2 is 1.57 bits per heavy atom. The van der Waals surface area contributed by atoms with E-state index in [1.807, 2.05) is 0 Å². The molecule has 2 amide bonds. The molecule has 4 rings (SSSR count). The standard InChI is InChI=1S/C21H27N3O4/c1-13-9-14(2)12-22(11-13)18-8-7-15(10-19(18)24(27)28)23-20(25)16-5-3-4-6-17(16)21(23)26/h7-8,10,13-14,16-17H,3-6,9,11-12H2,1-2H3/t13-,14+,16-,17+. The lowest BCUT2D eigenvalue weighted by Crippen LogP contribution is -2.39. The van der Waals surface area contributed by atoms with Crippen LogP contribution in [0.15, 0.2) is 18.2 Å². The Bertz CT molecular complexity index is 790. The van der Waals surface area contributed by atoms with Crippen molar-refractivity contribution in [2.45, 2.75) is 46.0 Å². The van der Waals surface area contributed by atoms with E-state index in [1.54, 1.807) is 12.1 Å². The van der Waals surface area contributed by atoms with Crippen molar-refractivity contribution in [1.29, 1.82) is 0 Å². The Hall–Kier alpha value is -2.44. The number of piperidine rings is 1. The van der Waals surface area contributed by atoms with Gasteiger partial charge >= 0.3 is 0 Å². The van der Waals surface area contributed by atoms with Crippen molar-refractivity contribution in [2.75, 3.05) is 22.9 Å². The summed E-state index contributed by atoms with van der Waals surface area (Å²) >= 11 is 0. The van der Waals surface area contributed by atoms with E-state index in [9.17, 15) is 19.7 Å². The van der Waals surface area contributed by atoms with Gasteiger partial charge in [0.25, 0.3) is 5.69 Å². The van der Waals surface area contributed by atoms with Gasteiger partial charge in [-0.2, -0.15) is 0 Å². The maximum atomic E-state index is 12.8. The third-order valence-electron chi connectivity index (χ3n) is 6.46. The van der Waals surface area contributed by atoms with Crippen LogP contribution in [-0.4, -0.2) is 29.8 Å². The third-order valence-corrected chi connectivity index (χ3v) is 6.46. The first kappa shape index (κ1) is 18.9. The minimum atomic E-state index is -0.402. The first-order valence-corrected chi connectivity index (χ1v) is 10.3. The number of anilines is 2. The maximum Gasteiger partial charge on any atom is 0.294 e. The lowest BCUT2D eigenvalue weighted by Gasteiger charge is -2.36. The monoisotopic (exact) mass is 385 g/mol. The van der Waals surface area contributed by atoms with E-state index in [0.29, 0.717) is 23.2 Å². The smallest absolute Gasteiger partial charge is 0.294 e. The summed E-state index contributed by atoms with van der Waals surface area (Å²) in [5.41, 5.74) is 0.871. The molecule has 0 aromatic heterocycles. The molecule has 1 aliphatic carbocycles. The molecule has 2 heterocycles. The van der Waals surface area contributed by atoms with Crippen LogP contribution in [0.4, 0.5) is 17.1 Å². The van der Waals surface area contributed by atoms with Crippen LogP contribution >= 0.6 is 0 Å². The molecule has 3 fully saturated rings. The van der Waals surface area contributed by atoms with Crippen LogP contribution in [0.3, 0.4) is 0 Å². The molecule has 7 nitrogen and oxygen atoms in total. The van der Waals surface area contributed by atoms with Gasteiger partial charge in [-0.15, -0.1) is 0 Å². The fourth-order valence-corrected chi connectivity index (χ4v) is 5.34. The fourth-order valence-electron chi connectivity index (χ4n) is 5.34. The van der Waals surface area contributed by atoms with Crippen LogP contribution < -0.4 is 9.80 Å². The van der Waals surface area contributed by atoms with Crippen molar-refractivity contribution in [3.05, 3.63) is 28.3 Å². The summed E-state index contributed by atoms with van der Waals surface area (Å²) in [4.78, 5) is 40.3. The van der Waals surface area contributed by atoms with Crippen molar-refractivity contribution < 1.29 is 14.5 Å². The normalized spacial score (nSPS) is 30.5. The zero-order valence-electron chi connectivity index (χ0n) is 16.5. The second-order valence-electron chi connectivity index (χ2n) is 8.79. The molecule has 0 N–H and O–H groups in total. The maximum absolute atomic E-state index is 12.8. The molecule has 0 bridgehead atoms. The van der Waals surface area contributed by atoms with Gasteiger partial charge in [0.05, 0.1) is 22.4 Å². The average Bonchev–Trinajstić information content (AvgIpc) is 2.91. The highest BCUT2D eigenvalue weighted by molar-refractivity contribution is 6.22. The average molecular weight is 385 g/mol. The minimum absolute atomic E-state index is 0.0331. The molecule has 1 aromatic rings. The van der Waals surface area contributed by atoms with Gasteiger partial charge in [0.1, 0.15) is 5.69 Å². The number of hydrogen-bond donors (Lipinski definition) is 0. The van der Waals surface area contributed by atoms with E-state index < -0.39 is 4.92 Å². The molecule has 0 unspecified atom stereocenters. The number of hydrogen-bond acceptors (Lipinski definition) is 5. The van der Waals surface area contributed by atoms with Crippen molar-refractivity contribution in [1.82, 2.24) is 0 Å². The lowest BCUT2D eigenvalue weighted by atomic mass is 9.81. The quantitative estimate of drug-likeness (QED) is 0.449. The molecule has 1 saturated carbocycles. The molecule has 0 radical (unpaired) electrons. The number of nitrogens with zero attached hydrogens (tertiary/aromatic N) is 3. The number of carbonyl (C=O) groups is 2. The summed E-state index contributed by atoms with van der Waals surface area (Å²) in [6.45, 7) is 5.87. The van der Waals surface area contributed by atoms with E-state index in [2.05, 4.69) is 18.7 Å². The number of nitro groups is 1. The molecule has 2 aliphatic heterocycles. The van der Waals surface area contributed by atoms with Gasteiger partial charge in [-0.3, -0.25) is 19.7 Å². The summed E-state index contributed by atoms with van der Waals surface area (Å²) in [6, 6.07) is 4.81. The topological polar surface area (TPSA) is 83.8 Å². The van der Waals surface area contributed by atoms with Gasteiger partial charge in [0, 0.05) is 19.2 Å². The Kier molecular flexibility index (Phi) is 4.85. The summed E-state index contributed by atoms with van der Waals surface area (Å²) < 4.78 is 0. The SMILES string of the molecule is C[C@@H]1C[C@H](C)CN(c2ccc(N3C(=O)[C@H]4CCCC[C@H]4C3=O)cc2[N+](=O)[O-])C1. The number of amides is 2. The number of carbonyl (C=O) groups excluding carboxylic acids is 2. The number of fused-ring (bicyclic) bond motifs is 1. The van der Waals surface area contributed by atoms with Crippen LogP contribution in [0.1, 0.15) is 46.0 Å². The molecule has 28 heavy (non-hydrogen) atoms. The first-order chi connectivity index (χ1) is 13.4. The van der Waals surface area contributed by atoms with Gasteiger partial charge < -0.3 is 4.90 Å². The van der Waals surface area contributed by atoms with Crippen molar-refractivity contribution >= 4 is 28.9 Å². The van der Waals surface area contributed by atoms with Gasteiger partial charge in [-0.1, -0.05) is 26.7 Å². The zero-order valence-corrected chi connectivity index (χ0v) is 16.5. The Labute approximate surface area is 164 Å². The molecule has 4 atom stereocenters. The number of nitro benzene ring substituents is 1. The minimum Gasteiger partial charge on any atom is -0.365 e. The summed E-state index contributed by atoms with van der Waals surface area (Å²) in [5, 5.41) is 11.8. The highest BCUT2D eigenvalue weighted by Crippen LogP contribution is 2.42. The van der Waals surface area contributed by atoms with Crippen LogP contribution in [-0.2, 0) is 9.59 Å². The first-order valence-electron chi connectivity index (χ1n) is 10.3. The Balaban J connectivity index is 1.68. The highest BCUT2D eigenvalue weighted by atomic mass is 16.6. The molecular weight excluding hydrogens is 358 g/mol. The summed E-state index contributed by atoms with van der Waals surface area (Å²) in [7, 11) is 0. The number of imide groups is 1.